The van der Waals surface area contributed by atoms with E-state index in [1.54, 1.807) is 32.9 Å². The monoisotopic (exact) mass is 597 g/mol. The normalized spacial score (nSPS) is 15.8. The van der Waals surface area contributed by atoms with Gasteiger partial charge in [-0.05, 0) is 94.8 Å². The first kappa shape index (κ1) is 23.7. The van der Waals surface area contributed by atoms with Crippen LogP contribution < -0.4 is 4.74 Å². The van der Waals surface area contributed by atoms with Crippen LogP contribution in [0.25, 0.3) is 6.08 Å². The smallest absolute Gasteiger partial charge is 0.341 e. The molecule has 0 aliphatic carbocycles. The van der Waals surface area contributed by atoms with E-state index in [1.165, 1.54) is 6.08 Å². The molecule has 1 saturated heterocycles. The Morgan fingerprint density at radius 1 is 1.31 bits per heavy atom. The number of amides is 2. The van der Waals surface area contributed by atoms with Gasteiger partial charge in [0.2, 0.25) is 0 Å². The SMILES string of the molecule is CC(C)(C)OC(=O)CN1C(=O)SC(=Cc2cc(Br)c(OCC(=O)O)c(I)c2)C1=O. The third kappa shape index (κ3) is 6.71. The summed E-state index contributed by atoms with van der Waals surface area (Å²) in [5, 5.41) is 8.19. The summed E-state index contributed by atoms with van der Waals surface area (Å²) in [6.45, 7) is 4.14. The summed E-state index contributed by atoms with van der Waals surface area (Å²) >= 11 is 6.02. The van der Waals surface area contributed by atoms with Gasteiger partial charge in [0.05, 0.1) is 12.9 Å². The number of carboxylic acids is 1. The number of nitrogens with zero attached hydrogens (tertiary/aromatic N) is 1. The Labute approximate surface area is 193 Å². The zero-order valence-electron chi connectivity index (χ0n) is 15.7. The molecule has 1 aliphatic rings. The molecule has 1 fully saturated rings. The summed E-state index contributed by atoms with van der Waals surface area (Å²) in [5.74, 6) is -1.99. The van der Waals surface area contributed by atoms with E-state index in [0.717, 1.165) is 16.7 Å². The van der Waals surface area contributed by atoms with Gasteiger partial charge in [0, 0.05) is 0 Å². The highest BCUT2D eigenvalue weighted by atomic mass is 127. The van der Waals surface area contributed by atoms with E-state index in [2.05, 4.69) is 15.9 Å². The molecule has 1 N–H and O–H groups in total. The number of carboxylic acid groups (broad SMARTS) is 1. The van der Waals surface area contributed by atoms with Gasteiger partial charge < -0.3 is 14.6 Å². The highest BCUT2D eigenvalue weighted by Gasteiger charge is 2.37. The van der Waals surface area contributed by atoms with Gasteiger partial charge in [-0.3, -0.25) is 19.3 Å². The second-order valence-corrected chi connectivity index (χ2v) is 9.86. The molecule has 0 bridgehead atoms. The maximum Gasteiger partial charge on any atom is 0.341 e. The average Bonchev–Trinajstić information content (AvgIpc) is 2.79. The van der Waals surface area contributed by atoms with Gasteiger partial charge in [0.25, 0.3) is 11.1 Å². The fourth-order valence-corrected chi connectivity index (χ4v) is 4.83. The van der Waals surface area contributed by atoms with Gasteiger partial charge in [-0.1, -0.05) is 0 Å². The minimum absolute atomic E-state index is 0.167. The maximum atomic E-state index is 12.5. The van der Waals surface area contributed by atoms with Gasteiger partial charge >= 0.3 is 11.9 Å². The van der Waals surface area contributed by atoms with E-state index in [9.17, 15) is 19.2 Å². The number of hydrogen-bond acceptors (Lipinski definition) is 7. The number of imide groups is 1. The summed E-state index contributed by atoms with van der Waals surface area (Å²) in [4.78, 5) is 48.3. The molecule has 11 heteroatoms. The molecule has 156 valence electrons. The van der Waals surface area contributed by atoms with Crippen LogP contribution >= 0.6 is 50.3 Å². The number of ether oxygens (including phenoxy) is 2. The summed E-state index contributed by atoms with van der Waals surface area (Å²) in [5.41, 5.74) is -0.117. The molecule has 0 unspecified atom stereocenters. The second kappa shape index (κ2) is 9.47. The number of esters is 1. The van der Waals surface area contributed by atoms with Gasteiger partial charge in [0.15, 0.2) is 6.61 Å². The largest absolute Gasteiger partial charge is 0.480 e. The van der Waals surface area contributed by atoms with Crippen molar-refractivity contribution in [2.24, 2.45) is 0 Å². The van der Waals surface area contributed by atoms with Crippen LogP contribution in [0.5, 0.6) is 5.75 Å². The predicted octanol–water partition coefficient (Wildman–Crippen LogP) is 3.90. The summed E-state index contributed by atoms with van der Waals surface area (Å²) < 4.78 is 11.5. The van der Waals surface area contributed by atoms with Crippen molar-refractivity contribution in [3.05, 3.63) is 30.6 Å². The Hall–Kier alpha value is -1.60. The van der Waals surface area contributed by atoms with Gasteiger partial charge in [-0.15, -0.1) is 0 Å². The van der Waals surface area contributed by atoms with Crippen LogP contribution in [0, 0.1) is 3.57 Å². The quantitative estimate of drug-likeness (QED) is 0.299. The van der Waals surface area contributed by atoms with E-state index in [-0.39, 0.29) is 4.91 Å². The standard InChI is InChI=1S/C18H17BrINO7S/c1-18(2,3)28-14(24)7-21-16(25)12(29-17(21)26)6-9-4-10(19)15(11(20)5-9)27-8-13(22)23/h4-6H,7-8H2,1-3H3,(H,22,23). The molecule has 0 aromatic heterocycles. The van der Waals surface area contributed by atoms with E-state index in [4.69, 9.17) is 14.6 Å². The molecule has 1 heterocycles. The first-order valence-corrected chi connectivity index (χ1v) is 10.9. The lowest BCUT2D eigenvalue weighted by atomic mass is 10.2. The van der Waals surface area contributed by atoms with Gasteiger partial charge in [-0.25, -0.2) is 4.79 Å². The third-order valence-electron chi connectivity index (χ3n) is 3.24. The number of thioether (sulfide) groups is 1. The van der Waals surface area contributed by atoms with Crippen molar-refractivity contribution in [3.63, 3.8) is 0 Å². The van der Waals surface area contributed by atoms with Crippen molar-refractivity contribution in [2.75, 3.05) is 13.2 Å². The van der Waals surface area contributed by atoms with Gasteiger partial charge in [-0.2, -0.15) is 0 Å². The Morgan fingerprint density at radius 2 is 1.97 bits per heavy atom. The fourth-order valence-electron chi connectivity index (χ4n) is 2.23. The maximum absolute atomic E-state index is 12.5. The Morgan fingerprint density at radius 3 is 2.52 bits per heavy atom. The van der Waals surface area contributed by atoms with Crippen LogP contribution in [-0.4, -0.2) is 51.8 Å². The Bertz CT molecular complexity index is 887. The molecule has 0 spiro atoms. The van der Waals surface area contributed by atoms with E-state index in [0.29, 0.717) is 19.4 Å². The van der Waals surface area contributed by atoms with Crippen LogP contribution in [0.4, 0.5) is 4.79 Å². The van der Waals surface area contributed by atoms with Crippen LogP contribution in [0.2, 0.25) is 0 Å². The number of hydrogen-bond donors (Lipinski definition) is 1. The molecule has 0 atom stereocenters. The zero-order valence-corrected chi connectivity index (χ0v) is 20.2. The van der Waals surface area contributed by atoms with E-state index >= 15 is 0 Å². The number of halogens is 2. The zero-order chi connectivity index (χ0) is 21.9. The summed E-state index contributed by atoms with van der Waals surface area (Å²) in [6, 6.07) is 3.32. The first-order valence-electron chi connectivity index (χ1n) is 8.18. The lowest BCUT2D eigenvalue weighted by Gasteiger charge is -2.21. The van der Waals surface area contributed by atoms with E-state index < -0.39 is 41.8 Å². The number of aliphatic carboxylic acids is 1. The van der Waals surface area contributed by atoms with Crippen molar-refractivity contribution in [1.29, 1.82) is 0 Å². The molecule has 29 heavy (non-hydrogen) atoms. The second-order valence-electron chi connectivity index (χ2n) is 6.85. The highest BCUT2D eigenvalue weighted by Crippen LogP contribution is 2.36. The molecule has 0 saturated carbocycles. The first-order chi connectivity index (χ1) is 13.4. The van der Waals surface area contributed by atoms with Crippen molar-refractivity contribution >= 4 is 79.4 Å². The fraction of sp³-hybridized carbons (Fsp3) is 0.333. The topological polar surface area (TPSA) is 110 Å². The summed E-state index contributed by atoms with van der Waals surface area (Å²) in [7, 11) is 0. The molecule has 1 aliphatic heterocycles. The van der Waals surface area contributed by atoms with E-state index in [1.807, 2.05) is 22.6 Å². The van der Waals surface area contributed by atoms with Crippen molar-refractivity contribution in [2.45, 2.75) is 26.4 Å². The Kier molecular flexibility index (Phi) is 7.74. The predicted molar refractivity (Wildman–Crippen MR) is 119 cm³/mol. The Balaban J connectivity index is 2.18. The molecular formula is C18H17BrINO7S. The molecular weight excluding hydrogens is 581 g/mol. The highest BCUT2D eigenvalue weighted by molar-refractivity contribution is 14.1. The molecule has 8 nitrogen and oxygen atoms in total. The van der Waals surface area contributed by atoms with Crippen molar-refractivity contribution < 1.29 is 33.8 Å². The van der Waals surface area contributed by atoms with Crippen LogP contribution in [0.1, 0.15) is 26.3 Å². The van der Waals surface area contributed by atoms with Crippen LogP contribution in [0.3, 0.4) is 0 Å². The molecule has 1 aromatic carbocycles. The average molecular weight is 598 g/mol. The summed E-state index contributed by atoms with van der Waals surface area (Å²) in [6.07, 6.45) is 1.52. The van der Waals surface area contributed by atoms with Crippen molar-refractivity contribution in [1.82, 2.24) is 4.90 Å². The number of benzene rings is 1. The number of carbonyl (C=O) groups excluding carboxylic acids is 3. The minimum Gasteiger partial charge on any atom is -0.480 e. The molecule has 0 radical (unpaired) electrons. The third-order valence-corrected chi connectivity index (χ3v) is 5.54. The number of rotatable bonds is 6. The number of carbonyl (C=O) groups is 4. The van der Waals surface area contributed by atoms with Crippen molar-refractivity contribution in [3.8, 4) is 5.75 Å². The minimum atomic E-state index is -1.10. The van der Waals surface area contributed by atoms with Crippen LogP contribution in [0.15, 0.2) is 21.5 Å². The van der Waals surface area contributed by atoms with Crippen LogP contribution in [-0.2, 0) is 19.1 Å². The molecule has 2 rings (SSSR count). The lowest BCUT2D eigenvalue weighted by molar-refractivity contribution is -0.156. The molecule has 2 amide bonds. The lowest BCUT2D eigenvalue weighted by Crippen LogP contribution is -2.37. The molecule has 1 aromatic rings. The van der Waals surface area contributed by atoms with Gasteiger partial charge in [0.1, 0.15) is 17.9 Å².